The highest BCUT2D eigenvalue weighted by molar-refractivity contribution is 8.00. The van der Waals surface area contributed by atoms with E-state index in [1.54, 1.807) is 28.6 Å². The van der Waals surface area contributed by atoms with Crippen molar-refractivity contribution in [1.29, 1.82) is 0 Å². The zero-order valence-electron chi connectivity index (χ0n) is 12.3. The molecule has 0 aliphatic heterocycles. The number of para-hydroxylation sites is 1. The lowest BCUT2D eigenvalue weighted by molar-refractivity contribution is -0.0498. The normalized spacial score (nSPS) is 11.0. The molecule has 0 radical (unpaired) electrons. The molecule has 0 spiro atoms. The van der Waals surface area contributed by atoms with Gasteiger partial charge in [0.1, 0.15) is 5.75 Å². The van der Waals surface area contributed by atoms with Gasteiger partial charge in [0.05, 0.1) is 5.69 Å². The van der Waals surface area contributed by atoms with Gasteiger partial charge in [-0.3, -0.25) is 0 Å². The fraction of sp³-hybridized carbons (Fsp3) is 0.125. The molecule has 1 aromatic heterocycles. The minimum Gasteiger partial charge on any atom is -0.435 e. The molecule has 0 aliphatic rings. The summed E-state index contributed by atoms with van der Waals surface area (Å²) in [5.41, 5.74) is 1.92. The maximum absolute atomic E-state index is 12.1. The molecule has 0 unspecified atom stereocenters. The average molecular weight is 382 g/mol. The fourth-order valence-electron chi connectivity index (χ4n) is 1.96. The third kappa shape index (κ3) is 4.40. The zero-order chi connectivity index (χ0) is 16.9. The lowest BCUT2D eigenvalue weighted by Crippen LogP contribution is -2.01. The van der Waals surface area contributed by atoms with Crippen molar-refractivity contribution in [2.24, 2.45) is 0 Å². The Morgan fingerprint density at radius 2 is 1.83 bits per heavy atom. The number of rotatable bonds is 6. The minimum atomic E-state index is -2.81. The van der Waals surface area contributed by atoms with Crippen LogP contribution in [0.3, 0.4) is 0 Å². The molecule has 0 atom stereocenters. The van der Waals surface area contributed by atoms with Gasteiger partial charge in [-0.05, 0) is 42.0 Å². The second-order valence-electron chi connectivity index (χ2n) is 4.69. The summed E-state index contributed by atoms with van der Waals surface area (Å²) < 4.78 is 31.9. The van der Waals surface area contributed by atoms with Gasteiger partial charge in [-0.25, -0.2) is 4.68 Å². The molecule has 1 heterocycles. The lowest BCUT2D eigenvalue weighted by Gasteiger charge is -2.05. The average Bonchev–Trinajstić information content (AvgIpc) is 2.95. The van der Waals surface area contributed by atoms with E-state index in [1.807, 2.05) is 30.3 Å². The maximum Gasteiger partial charge on any atom is 0.387 e. The standard InChI is InChI=1S/C16H12F2N2OS3/c17-14(18)21-13-8-6-11(7-9-13)10-23-15-19-20(16(22)24-15)12-4-2-1-3-5-12/h1-9,14H,10H2. The van der Waals surface area contributed by atoms with Gasteiger partial charge in [0.15, 0.2) is 8.29 Å². The van der Waals surface area contributed by atoms with E-state index in [1.165, 1.54) is 23.5 Å². The second kappa shape index (κ2) is 7.87. The lowest BCUT2D eigenvalue weighted by atomic mass is 10.2. The number of nitrogens with zero attached hydrogens (tertiary/aromatic N) is 2. The van der Waals surface area contributed by atoms with Crippen molar-refractivity contribution < 1.29 is 13.5 Å². The van der Waals surface area contributed by atoms with E-state index in [-0.39, 0.29) is 5.75 Å². The van der Waals surface area contributed by atoms with Crippen LogP contribution in [-0.4, -0.2) is 16.4 Å². The van der Waals surface area contributed by atoms with Crippen LogP contribution in [0.5, 0.6) is 5.75 Å². The van der Waals surface area contributed by atoms with Crippen LogP contribution in [-0.2, 0) is 5.75 Å². The first-order chi connectivity index (χ1) is 11.6. The van der Waals surface area contributed by atoms with Gasteiger partial charge >= 0.3 is 6.61 Å². The Bertz CT molecular complexity index is 848. The Morgan fingerprint density at radius 1 is 1.12 bits per heavy atom. The highest BCUT2D eigenvalue weighted by Crippen LogP contribution is 2.27. The minimum absolute atomic E-state index is 0.155. The van der Waals surface area contributed by atoms with Gasteiger partial charge in [-0.1, -0.05) is 53.4 Å². The summed E-state index contributed by atoms with van der Waals surface area (Å²) in [4.78, 5) is 0. The molecule has 0 amide bonds. The van der Waals surface area contributed by atoms with E-state index in [0.29, 0.717) is 9.71 Å². The first-order valence-corrected chi connectivity index (χ1v) is 9.15. The smallest absolute Gasteiger partial charge is 0.387 e. The third-order valence-corrected chi connectivity index (χ3v) is 5.48. The Hall–Kier alpha value is -1.77. The summed E-state index contributed by atoms with van der Waals surface area (Å²) in [6, 6.07) is 16.3. The number of hydrogen-bond donors (Lipinski definition) is 0. The number of hydrogen-bond acceptors (Lipinski definition) is 5. The van der Waals surface area contributed by atoms with Crippen LogP contribution in [0.2, 0.25) is 0 Å². The summed E-state index contributed by atoms with van der Waals surface area (Å²) in [6.07, 6.45) is 0. The summed E-state index contributed by atoms with van der Waals surface area (Å²) >= 11 is 8.36. The molecule has 3 rings (SSSR count). The van der Waals surface area contributed by atoms with Crippen LogP contribution in [0.15, 0.2) is 58.9 Å². The molecule has 3 aromatic rings. The Kier molecular flexibility index (Phi) is 5.60. The van der Waals surface area contributed by atoms with Crippen molar-refractivity contribution in [2.75, 3.05) is 0 Å². The number of thioether (sulfide) groups is 1. The first-order valence-electron chi connectivity index (χ1n) is 6.94. The molecule has 0 fully saturated rings. The van der Waals surface area contributed by atoms with Crippen molar-refractivity contribution in [3.05, 3.63) is 64.1 Å². The topological polar surface area (TPSA) is 27.1 Å². The van der Waals surface area contributed by atoms with Crippen molar-refractivity contribution in [3.63, 3.8) is 0 Å². The van der Waals surface area contributed by atoms with E-state index in [2.05, 4.69) is 9.84 Å². The number of alkyl halides is 2. The summed E-state index contributed by atoms with van der Waals surface area (Å²) in [5.74, 6) is 0.828. The molecule has 0 N–H and O–H groups in total. The summed E-state index contributed by atoms with van der Waals surface area (Å²) in [5, 5.41) is 4.52. The SMILES string of the molecule is FC(F)Oc1ccc(CSc2nn(-c3ccccc3)c(=S)s2)cc1. The molecule has 8 heteroatoms. The molecule has 124 valence electrons. The molecular formula is C16H12F2N2OS3. The van der Waals surface area contributed by atoms with Gasteiger partial charge in [-0.2, -0.15) is 8.78 Å². The third-order valence-electron chi connectivity index (χ3n) is 3.04. The first kappa shape index (κ1) is 17.1. The number of ether oxygens (including phenoxy) is 1. The molecule has 0 aliphatic carbocycles. The van der Waals surface area contributed by atoms with E-state index < -0.39 is 6.61 Å². The molecular weight excluding hydrogens is 370 g/mol. The van der Waals surface area contributed by atoms with E-state index in [4.69, 9.17) is 12.2 Å². The van der Waals surface area contributed by atoms with Gasteiger partial charge < -0.3 is 4.74 Å². The van der Waals surface area contributed by atoms with Crippen molar-refractivity contribution in [1.82, 2.24) is 9.78 Å². The van der Waals surface area contributed by atoms with Crippen LogP contribution in [0.1, 0.15) is 5.56 Å². The summed E-state index contributed by atoms with van der Waals surface area (Å²) in [7, 11) is 0. The monoisotopic (exact) mass is 382 g/mol. The molecule has 2 aromatic carbocycles. The van der Waals surface area contributed by atoms with Crippen LogP contribution >= 0.6 is 35.3 Å². The van der Waals surface area contributed by atoms with Crippen molar-refractivity contribution >= 4 is 35.3 Å². The predicted octanol–water partition coefficient (Wildman–Crippen LogP) is 5.56. The van der Waals surface area contributed by atoms with E-state index in [0.717, 1.165) is 15.6 Å². The molecule has 0 saturated carbocycles. The van der Waals surface area contributed by atoms with Crippen molar-refractivity contribution in [3.8, 4) is 11.4 Å². The van der Waals surface area contributed by atoms with E-state index >= 15 is 0 Å². The van der Waals surface area contributed by atoms with Gasteiger partial charge in [0.25, 0.3) is 0 Å². The van der Waals surface area contributed by atoms with Gasteiger partial charge in [0, 0.05) is 5.75 Å². The molecule has 3 nitrogen and oxygen atoms in total. The molecule has 0 saturated heterocycles. The Labute approximate surface area is 150 Å². The van der Waals surface area contributed by atoms with Crippen LogP contribution in [0.25, 0.3) is 5.69 Å². The van der Waals surface area contributed by atoms with Crippen LogP contribution in [0.4, 0.5) is 8.78 Å². The Balaban J connectivity index is 1.66. The number of benzene rings is 2. The number of halogens is 2. The molecule has 24 heavy (non-hydrogen) atoms. The van der Waals surface area contributed by atoms with Crippen LogP contribution in [0, 0.1) is 3.95 Å². The van der Waals surface area contributed by atoms with Crippen molar-refractivity contribution in [2.45, 2.75) is 16.7 Å². The largest absolute Gasteiger partial charge is 0.435 e. The maximum atomic E-state index is 12.1. The fourth-order valence-corrected chi connectivity index (χ4v) is 4.28. The van der Waals surface area contributed by atoms with Gasteiger partial charge in [0.2, 0.25) is 0 Å². The Morgan fingerprint density at radius 3 is 2.50 bits per heavy atom. The second-order valence-corrected chi connectivity index (χ2v) is 7.54. The summed E-state index contributed by atoms with van der Waals surface area (Å²) in [6.45, 7) is -2.81. The zero-order valence-corrected chi connectivity index (χ0v) is 14.7. The predicted molar refractivity (Wildman–Crippen MR) is 94.9 cm³/mol. The quantitative estimate of drug-likeness (QED) is 0.412. The van der Waals surface area contributed by atoms with Crippen LogP contribution < -0.4 is 4.74 Å². The molecule has 0 bridgehead atoms. The highest BCUT2D eigenvalue weighted by Gasteiger charge is 2.07. The van der Waals surface area contributed by atoms with E-state index in [9.17, 15) is 8.78 Å². The van der Waals surface area contributed by atoms with Gasteiger partial charge in [-0.15, -0.1) is 5.10 Å². The highest BCUT2D eigenvalue weighted by atomic mass is 32.2. The number of aromatic nitrogens is 2.